The average Bonchev–Trinajstić information content (AvgIpc) is 2.81. The lowest BCUT2D eigenvalue weighted by Gasteiger charge is -2.14. The van der Waals surface area contributed by atoms with Gasteiger partial charge in [0.05, 0.1) is 0 Å². The van der Waals surface area contributed by atoms with Gasteiger partial charge in [0.1, 0.15) is 6.10 Å². The average molecular weight is 235 g/mol. The van der Waals surface area contributed by atoms with Crippen LogP contribution in [0.5, 0.6) is 0 Å². The summed E-state index contributed by atoms with van der Waals surface area (Å²) in [7, 11) is 0. The van der Waals surface area contributed by atoms with E-state index in [0.29, 0.717) is 0 Å². The van der Waals surface area contributed by atoms with Crippen molar-refractivity contribution in [3.63, 3.8) is 0 Å². The van der Waals surface area contributed by atoms with Crippen LogP contribution < -0.4 is 5.32 Å². The van der Waals surface area contributed by atoms with Gasteiger partial charge in [-0.15, -0.1) is 0 Å². The van der Waals surface area contributed by atoms with E-state index in [1.807, 2.05) is 0 Å². The van der Waals surface area contributed by atoms with Crippen LogP contribution in [0.2, 0.25) is 0 Å². The van der Waals surface area contributed by atoms with Crippen LogP contribution in [-0.4, -0.2) is 23.1 Å². The maximum atomic E-state index is 5.63. The molecular formula is C13H21N3O. The molecule has 1 N–H and O–H groups in total. The molecule has 1 aromatic heterocycles. The first-order valence-corrected chi connectivity index (χ1v) is 6.38. The molecule has 0 aromatic carbocycles. The van der Waals surface area contributed by atoms with Gasteiger partial charge in [0, 0.05) is 30.1 Å². The van der Waals surface area contributed by atoms with E-state index in [9.17, 15) is 0 Å². The molecule has 1 aliphatic heterocycles. The van der Waals surface area contributed by atoms with Gasteiger partial charge in [0.15, 0.2) is 5.82 Å². The third kappa shape index (κ3) is 2.82. The van der Waals surface area contributed by atoms with E-state index in [-0.39, 0.29) is 6.10 Å². The number of nitrogens with one attached hydrogen (secondary N) is 1. The zero-order valence-electron chi connectivity index (χ0n) is 10.9. The molecule has 0 bridgehead atoms. The van der Waals surface area contributed by atoms with Gasteiger partial charge in [0.2, 0.25) is 0 Å². The zero-order valence-corrected chi connectivity index (χ0v) is 10.9. The zero-order chi connectivity index (χ0) is 12.3. The van der Waals surface area contributed by atoms with E-state index >= 15 is 0 Å². The fourth-order valence-electron chi connectivity index (χ4n) is 2.20. The van der Waals surface area contributed by atoms with Crippen molar-refractivity contribution in [1.82, 2.24) is 15.3 Å². The van der Waals surface area contributed by atoms with Crippen molar-refractivity contribution in [1.29, 1.82) is 0 Å². The highest BCUT2D eigenvalue weighted by Crippen LogP contribution is 2.26. The molecule has 4 nitrogen and oxygen atoms in total. The van der Waals surface area contributed by atoms with E-state index in [2.05, 4.69) is 36.1 Å². The Hall–Kier alpha value is -1.00. The van der Waals surface area contributed by atoms with Crippen LogP contribution in [0, 0.1) is 13.8 Å². The minimum atomic E-state index is 0.112. The van der Waals surface area contributed by atoms with Crippen molar-refractivity contribution in [3.05, 3.63) is 22.8 Å². The normalized spacial score (nSPS) is 19.8. The second-order valence-corrected chi connectivity index (χ2v) is 4.51. The summed E-state index contributed by atoms with van der Waals surface area (Å²) in [5, 5.41) is 3.32. The van der Waals surface area contributed by atoms with Gasteiger partial charge < -0.3 is 10.1 Å². The van der Waals surface area contributed by atoms with E-state index < -0.39 is 0 Å². The number of aryl methyl sites for hydroxylation is 2. The Bertz CT molecular complexity index is 363. The van der Waals surface area contributed by atoms with Gasteiger partial charge in [-0.3, -0.25) is 0 Å². The van der Waals surface area contributed by atoms with Crippen LogP contribution >= 0.6 is 0 Å². The monoisotopic (exact) mass is 235 g/mol. The first-order chi connectivity index (χ1) is 8.22. The van der Waals surface area contributed by atoms with Crippen molar-refractivity contribution in [2.75, 3.05) is 13.2 Å². The molecule has 2 rings (SSSR count). The molecule has 1 unspecified atom stereocenters. The molecule has 4 heteroatoms. The summed E-state index contributed by atoms with van der Waals surface area (Å²) < 4.78 is 5.63. The topological polar surface area (TPSA) is 47.0 Å². The van der Waals surface area contributed by atoms with Gasteiger partial charge in [-0.2, -0.15) is 0 Å². The molecule has 0 saturated carbocycles. The molecule has 1 aromatic rings. The number of nitrogens with zero attached hydrogens (tertiary/aromatic N) is 2. The number of hydrogen-bond acceptors (Lipinski definition) is 4. The number of rotatable bonds is 4. The summed E-state index contributed by atoms with van der Waals surface area (Å²) in [5.74, 6) is 0.859. The Balaban J connectivity index is 2.21. The van der Waals surface area contributed by atoms with Crippen molar-refractivity contribution in [2.45, 2.75) is 46.3 Å². The van der Waals surface area contributed by atoms with Crippen molar-refractivity contribution < 1.29 is 4.74 Å². The Labute approximate surface area is 103 Å². The third-order valence-electron chi connectivity index (χ3n) is 3.21. The first kappa shape index (κ1) is 12.5. The van der Waals surface area contributed by atoms with Crippen molar-refractivity contribution >= 4 is 0 Å². The van der Waals surface area contributed by atoms with Gasteiger partial charge in [-0.25, -0.2) is 9.97 Å². The van der Waals surface area contributed by atoms with E-state index in [4.69, 9.17) is 4.74 Å². The summed E-state index contributed by atoms with van der Waals surface area (Å²) in [6.45, 7) is 8.86. The fourth-order valence-corrected chi connectivity index (χ4v) is 2.20. The fraction of sp³-hybridized carbons (Fsp3) is 0.692. The molecule has 2 heterocycles. The van der Waals surface area contributed by atoms with Crippen LogP contribution in [0.1, 0.15) is 48.6 Å². The summed E-state index contributed by atoms with van der Waals surface area (Å²) in [5.41, 5.74) is 3.36. The third-order valence-corrected chi connectivity index (χ3v) is 3.21. The molecule has 17 heavy (non-hydrogen) atoms. The highest BCUT2D eigenvalue weighted by atomic mass is 16.5. The molecule has 0 spiro atoms. The summed E-state index contributed by atoms with van der Waals surface area (Å²) >= 11 is 0. The Kier molecular flexibility index (Phi) is 4.07. The van der Waals surface area contributed by atoms with Gasteiger partial charge >= 0.3 is 0 Å². The summed E-state index contributed by atoms with van der Waals surface area (Å²) in [6.07, 6.45) is 2.28. The predicted molar refractivity (Wildman–Crippen MR) is 66.8 cm³/mol. The molecule has 0 radical (unpaired) electrons. The lowest BCUT2D eigenvalue weighted by molar-refractivity contribution is 0.104. The Morgan fingerprint density at radius 1 is 1.29 bits per heavy atom. The summed E-state index contributed by atoms with van der Waals surface area (Å²) in [4.78, 5) is 9.19. The molecule has 1 fully saturated rings. The molecule has 1 atom stereocenters. The molecule has 0 aliphatic carbocycles. The lowest BCUT2D eigenvalue weighted by atomic mass is 10.1. The quantitative estimate of drug-likeness (QED) is 0.867. The maximum Gasteiger partial charge on any atom is 0.157 e. The minimum absolute atomic E-state index is 0.112. The SMILES string of the molecule is CCNCc1c(C)nc(C2CCCO2)nc1C. The smallest absolute Gasteiger partial charge is 0.157 e. The highest BCUT2D eigenvalue weighted by Gasteiger charge is 2.21. The number of hydrogen-bond donors (Lipinski definition) is 1. The largest absolute Gasteiger partial charge is 0.370 e. The van der Waals surface area contributed by atoms with Crippen LogP contribution in [0.3, 0.4) is 0 Å². The second kappa shape index (κ2) is 5.56. The number of ether oxygens (including phenoxy) is 1. The predicted octanol–water partition coefficient (Wildman–Crippen LogP) is 2.05. The first-order valence-electron chi connectivity index (χ1n) is 6.38. The molecule has 1 saturated heterocycles. The number of aromatic nitrogens is 2. The van der Waals surface area contributed by atoms with Gasteiger partial charge in [-0.1, -0.05) is 6.92 Å². The van der Waals surface area contributed by atoms with Crippen LogP contribution in [0.4, 0.5) is 0 Å². The molecule has 1 aliphatic rings. The van der Waals surface area contributed by atoms with E-state index in [1.165, 1.54) is 5.56 Å². The molecular weight excluding hydrogens is 214 g/mol. The van der Waals surface area contributed by atoms with E-state index in [0.717, 1.165) is 49.8 Å². The maximum absolute atomic E-state index is 5.63. The summed E-state index contributed by atoms with van der Waals surface area (Å²) in [6, 6.07) is 0. The van der Waals surface area contributed by atoms with Crippen LogP contribution in [-0.2, 0) is 11.3 Å². The van der Waals surface area contributed by atoms with Gasteiger partial charge in [-0.05, 0) is 33.2 Å². The highest BCUT2D eigenvalue weighted by molar-refractivity contribution is 5.24. The van der Waals surface area contributed by atoms with Crippen LogP contribution in [0.15, 0.2) is 0 Å². The van der Waals surface area contributed by atoms with E-state index in [1.54, 1.807) is 0 Å². The lowest BCUT2D eigenvalue weighted by Crippen LogP contribution is -2.17. The van der Waals surface area contributed by atoms with Gasteiger partial charge in [0.25, 0.3) is 0 Å². The van der Waals surface area contributed by atoms with Crippen molar-refractivity contribution in [2.24, 2.45) is 0 Å². The Morgan fingerprint density at radius 3 is 2.53 bits per heavy atom. The molecule has 0 amide bonds. The van der Waals surface area contributed by atoms with Crippen LogP contribution in [0.25, 0.3) is 0 Å². The molecule has 94 valence electrons. The minimum Gasteiger partial charge on any atom is -0.370 e. The second-order valence-electron chi connectivity index (χ2n) is 4.51. The standard InChI is InChI=1S/C13H21N3O/c1-4-14-8-11-9(2)15-13(16-10(11)3)12-6-5-7-17-12/h12,14H,4-8H2,1-3H3. The van der Waals surface area contributed by atoms with Crippen molar-refractivity contribution in [3.8, 4) is 0 Å². The Morgan fingerprint density at radius 2 is 2.00 bits per heavy atom.